The molecule has 22 aliphatic rings. The SMILES string of the molecule is OC[C@H]1O[C@@H]2O[C@H]3[C@H](O)[C@@H](O)[C@@H](O[C@H]4[C@H](O)[C@@H](O)[C@@H](O[C@H]5[C@H](O)[C@@H](O)[C@@H](O[C@H]6[C@H](O)[C@@H](O)[C@@H](O[C@H]7[C@H](O)[C@@H](O)[C@@H](O[C@H]1[C@H](O)[C@H]2O)O[C@@H]7CBr)O[C@@H]6CBr)O[C@@H]5CO)O[C@@H]4CBr)O[C@@H]3CBr. The maximum absolute atomic E-state index is 11.4. The summed E-state index contributed by atoms with van der Waals surface area (Å²) in [6.07, 6.45) is -51.7. The van der Waals surface area contributed by atoms with E-state index in [4.69, 9.17) is 56.8 Å². The number of aliphatic hydroxyl groups is 14. The van der Waals surface area contributed by atoms with Gasteiger partial charge in [-0.15, -0.1) is 0 Å². The van der Waals surface area contributed by atoms with Gasteiger partial charge < -0.3 is 128 Å². The zero-order valence-electron chi connectivity index (χ0n) is 34.2. The van der Waals surface area contributed by atoms with Crippen LogP contribution in [-0.4, -0.2) is 290 Å². The molecule has 14 N–H and O–H groups in total. The summed E-state index contributed by atoms with van der Waals surface area (Å²) >= 11 is 13.0. The Labute approximate surface area is 408 Å². The smallest absolute Gasteiger partial charge is 0.187 e. The number of hydrogen-bond acceptors (Lipinski definition) is 26. The number of rotatable bonds is 6. The lowest BCUT2D eigenvalue weighted by atomic mass is 9.95. The Balaban J connectivity index is 1.19. The molecule has 12 bridgehead atoms. The summed E-state index contributed by atoms with van der Waals surface area (Å²) in [5.41, 5.74) is 0. The summed E-state index contributed by atoms with van der Waals surface area (Å²) in [4.78, 5) is 0. The molecule has 22 aliphatic heterocycles. The number of ether oxygens (including phenoxy) is 12. The van der Waals surface area contributed by atoms with E-state index >= 15 is 0 Å². The molecule has 30 heteroatoms. The Morgan fingerprint density at radius 1 is 0.227 bits per heavy atom. The lowest BCUT2D eigenvalue weighted by Crippen LogP contribution is -2.68. The topological polar surface area (TPSA) is 394 Å². The summed E-state index contributed by atoms with van der Waals surface area (Å²) in [5, 5.41) is 156. The average Bonchev–Trinajstić information content (AvgIpc) is 3.31. The minimum atomic E-state index is -2.00. The summed E-state index contributed by atoms with van der Waals surface area (Å²) < 4.78 is 70.5. The molecule has 30 atom stereocenters. The van der Waals surface area contributed by atoms with E-state index in [0.717, 1.165) is 0 Å². The molecule has 0 amide bonds. The molecule has 0 radical (unpaired) electrons. The van der Waals surface area contributed by atoms with Gasteiger partial charge in [0.2, 0.25) is 0 Å². The van der Waals surface area contributed by atoms with Gasteiger partial charge >= 0.3 is 0 Å². The quantitative estimate of drug-likeness (QED) is 0.110. The Kier molecular flexibility index (Phi) is 19.4. The van der Waals surface area contributed by atoms with Crippen molar-refractivity contribution in [2.24, 2.45) is 0 Å². The van der Waals surface area contributed by atoms with Gasteiger partial charge in [-0.2, -0.15) is 0 Å². The lowest BCUT2D eigenvalue weighted by molar-refractivity contribution is -0.399. The van der Waals surface area contributed by atoms with Crippen molar-refractivity contribution in [2.45, 2.75) is 184 Å². The van der Waals surface area contributed by atoms with Gasteiger partial charge in [0.25, 0.3) is 0 Å². The fourth-order valence-electron chi connectivity index (χ4n) is 8.84. The van der Waals surface area contributed by atoms with E-state index in [-0.39, 0.29) is 21.3 Å². The third-order valence-corrected chi connectivity index (χ3v) is 15.1. The second-order valence-corrected chi connectivity index (χ2v) is 19.3. The van der Waals surface area contributed by atoms with Crippen LogP contribution in [0, 0.1) is 0 Å². The van der Waals surface area contributed by atoms with Crippen LogP contribution in [0.1, 0.15) is 0 Å². The zero-order chi connectivity index (χ0) is 48.0. The zero-order valence-corrected chi connectivity index (χ0v) is 40.6. The molecule has 0 spiro atoms. The molecule has 0 aromatic heterocycles. The molecule has 0 saturated carbocycles. The van der Waals surface area contributed by atoms with Crippen LogP contribution in [-0.2, 0) is 56.8 Å². The summed E-state index contributed by atoms with van der Waals surface area (Å²) in [5.74, 6) is 0. The van der Waals surface area contributed by atoms with Crippen LogP contribution in [0.2, 0.25) is 0 Å². The molecule has 0 unspecified atom stereocenters. The van der Waals surface area contributed by atoms with Gasteiger partial charge in [-0.25, -0.2) is 0 Å². The Morgan fingerprint density at radius 3 is 0.530 bits per heavy atom. The Hall–Kier alpha value is 0.880. The van der Waals surface area contributed by atoms with Crippen LogP contribution in [0.15, 0.2) is 0 Å². The van der Waals surface area contributed by atoms with Crippen molar-refractivity contribution in [1.29, 1.82) is 0 Å². The number of aliphatic hydroxyl groups excluding tert-OH is 14. The maximum atomic E-state index is 11.4. The van der Waals surface area contributed by atoms with Crippen LogP contribution in [0.3, 0.4) is 0 Å². The monoisotopic (exact) mass is 1220 g/mol. The van der Waals surface area contributed by atoms with E-state index in [1.54, 1.807) is 0 Å². The molecule has 0 aliphatic carbocycles. The van der Waals surface area contributed by atoms with Gasteiger partial charge in [0.1, 0.15) is 122 Å². The van der Waals surface area contributed by atoms with Crippen molar-refractivity contribution in [3.8, 4) is 0 Å². The van der Waals surface area contributed by atoms with Gasteiger partial charge in [-0.05, 0) is 0 Å². The van der Waals surface area contributed by atoms with Crippen LogP contribution in [0.5, 0.6) is 0 Å². The third-order valence-electron chi connectivity index (χ3n) is 12.6. The fourth-order valence-corrected chi connectivity index (χ4v) is 10.9. The molecule has 22 heterocycles. The second kappa shape index (κ2) is 23.4. The Morgan fingerprint density at radius 2 is 0.379 bits per heavy atom. The standard InChI is InChI=1S/C36H56Br4O26/c37-1-7-25-15(45)21(51)33(57-7)65-29-11(5-41)59-35(23(53)17(29)47)64-28-10(4-40)56-32(20(50)14(28)44)62-26-8(2-38)58-34(22(52)16(26)46)66-30-12(6-42)60-36(24(54)18(30)48)63-27-9(3-39)55-31(61-25)19(49)13(27)43/h7-36,41-54H,1-6H2/t7-,8-,9-,10-,11-,12-,13-,14-,15-,16-,17-,18-,19-,20-,21-,22-,23-,24-,25-,26-,27-,28-,29-,30-,31-,32-,33-,34-,35-,36-/m1/s1. The molecule has 0 aromatic rings. The van der Waals surface area contributed by atoms with Crippen LogP contribution in [0.25, 0.3) is 0 Å². The van der Waals surface area contributed by atoms with Crippen LogP contribution in [0.4, 0.5) is 0 Å². The van der Waals surface area contributed by atoms with Crippen molar-refractivity contribution in [2.75, 3.05) is 34.5 Å². The normalized spacial score (nSPS) is 55.4. The predicted octanol–water partition coefficient (Wildman–Crippen LogP) is -7.44. The highest BCUT2D eigenvalue weighted by molar-refractivity contribution is 9.09. The van der Waals surface area contributed by atoms with Crippen molar-refractivity contribution in [3.05, 3.63) is 0 Å². The number of halogens is 4. The van der Waals surface area contributed by atoms with Gasteiger partial charge in [-0.3, -0.25) is 0 Å². The van der Waals surface area contributed by atoms with Crippen LogP contribution < -0.4 is 0 Å². The first-order chi connectivity index (χ1) is 31.4. The molecule has 66 heavy (non-hydrogen) atoms. The minimum absolute atomic E-state index is 0.121. The highest BCUT2D eigenvalue weighted by Crippen LogP contribution is 2.38. The molecule has 22 fully saturated rings. The van der Waals surface area contributed by atoms with Crippen molar-refractivity contribution >= 4 is 63.7 Å². The van der Waals surface area contributed by atoms with E-state index in [1.807, 2.05) is 0 Å². The van der Waals surface area contributed by atoms with E-state index in [1.165, 1.54) is 0 Å². The van der Waals surface area contributed by atoms with Gasteiger partial charge in [-0.1, -0.05) is 63.7 Å². The minimum Gasteiger partial charge on any atom is -0.394 e. The van der Waals surface area contributed by atoms with Gasteiger partial charge in [0, 0.05) is 21.3 Å². The molecule has 26 nitrogen and oxygen atoms in total. The van der Waals surface area contributed by atoms with E-state index in [2.05, 4.69) is 63.7 Å². The second-order valence-electron chi connectivity index (χ2n) is 16.7. The summed E-state index contributed by atoms with van der Waals surface area (Å²) in [7, 11) is 0. The first-order valence-corrected chi connectivity index (χ1v) is 25.4. The number of hydrogen-bond donors (Lipinski definition) is 14. The lowest BCUT2D eigenvalue weighted by Gasteiger charge is -2.50. The molecule has 384 valence electrons. The van der Waals surface area contributed by atoms with Gasteiger partial charge in [0.15, 0.2) is 37.7 Å². The molecular formula is C36H56Br4O26. The van der Waals surface area contributed by atoms with E-state index in [0.29, 0.717) is 0 Å². The van der Waals surface area contributed by atoms with Crippen molar-refractivity contribution < 1.29 is 128 Å². The molecule has 0 aromatic carbocycles. The predicted molar refractivity (Wildman–Crippen MR) is 223 cm³/mol. The maximum Gasteiger partial charge on any atom is 0.187 e. The summed E-state index contributed by atoms with van der Waals surface area (Å²) in [6, 6.07) is 0. The first-order valence-electron chi connectivity index (χ1n) is 20.9. The van der Waals surface area contributed by atoms with Crippen LogP contribution >= 0.6 is 63.7 Å². The summed E-state index contributed by atoms with van der Waals surface area (Å²) in [6.45, 7) is -1.77. The highest BCUT2D eigenvalue weighted by Gasteiger charge is 2.58. The van der Waals surface area contributed by atoms with Gasteiger partial charge in [0.05, 0.1) is 37.6 Å². The van der Waals surface area contributed by atoms with Crippen molar-refractivity contribution in [3.63, 3.8) is 0 Å². The first kappa shape index (κ1) is 54.6. The molecule has 22 rings (SSSR count). The average molecular weight is 1220 g/mol. The fraction of sp³-hybridized carbons (Fsp3) is 1.00. The van der Waals surface area contributed by atoms with E-state index in [9.17, 15) is 71.5 Å². The van der Waals surface area contributed by atoms with Crippen molar-refractivity contribution in [1.82, 2.24) is 0 Å². The molecule has 22 saturated heterocycles. The van der Waals surface area contributed by atoms with E-state index < -0.39 is 197 Å². The molecular weight excluding hydrogens is 1170 g/mol. The third kappa shape index (κ3) is 10.8. The highest BCUT2D eigenvalue weighted by atomic mass is 79.9. The Bertz CT molecular complexity index is 1250. The number of alkyl halides is 4. The largest absolute Gasteiger partial charge is 0.394 e.